The first-order valence-electron chi connectivity index (χ1n) is 6.97. The van der Waals surface area contributed by atoms with Gasteiger partial charge in [0.1, 0.15) is 5.82 Å². The van der Waals surface area contributed by atoms with Crippen molar-refractivity contribution in [3.05, 3.63) is 69.0 Å². The van der Waals surface area contributed by atoms with E-state index in [4.69, 9.17) is 23.2 Å². The van der Waals surface area contributed by atoms with Crippen LogP contribution in [0.3, 0.4) is 0 Å². The average Bonchev–Trinajstić information content (AvgIpc) is 2.46. The van der Waals surface area contributed by atoms with E-state index in [1.807, 2.05) is 25.1 Å². The van der Waals surface area contributed by atoms with Gasteiger partial charge in [-0.15, -0.1) is 0 Å². The number of nitrogens with one attached hydrogen (secondary N) is 1. The lowest BCUT2D eigenvalue weighted by atomic mass is 9.94. The minimum atomic E-state index is -0.294. The first kappa shape index (κ1) is 16.3. The summed E-state index contributed by atoms with van der Waals surface area (Å²) < 4.78 is 13.6. The molecule has 2 aromatic carbocycles. The summed E-state index contributed by atoms with van der Waals surface area (Å²) in [6.07, 6.45) is 0.975. The largest absolute Gasteiger partial charge is 0.306 e. The van der Waals surface area contributed by atoms with Gasteiger partial charge < -0.3 is 5.32 Å². The Morgan fingerprint density at radius 3 is 2.57 bits per heavy atom. The molecule has 0 aromatic heterocycles. The molecule has 0 aliphatic rings. The zero-order valence-corrected chi connectivity index (χ0v) is 13.6. The quantitative estimate of drug-likeness (QED) is 0.762. The fourth-order valence-electron chi connectivity index (χ4n) is 2.33. The first-order chi connectivity index (χ1) is 10.0. The normalized spacial score (nSPS) is 12.4. The fraction of sp³-hybridized carbons (Fsp3) is 0.294. The lowest BCUT2D eigenvalue weighted by Gasteiger charge is -2.23. The minimum Gasteiger partial charge on any atom is -0.306 e. The van der Waals surface area contributed by atoms with E-state index in [1.54, 1.807) is 6.07 Å². The van der Waals surface area contributed by atoms with Crippen LogP contribution >= 0.6 is 23.2 Å². The molecular formula is C17H18Cl2FN. The first-order valence-corrected chi connectivity index (χ1v) is 7.73. The Labute approximate surface area is 135 Å². The molecule has 1 N–H and O–H groups in total. The molecule has 0 aliphatic heterocycles. The standard InChI is InChI=1S/C17H18Cl2FN/c1-3-8-21-17(14-9-12(18)5-4-11(14)2)15-10-13(20)6-7-16(15)19/h4-7,9-10,17,21H,3,8H2,1-2H3. The molecule has 0 saturated carbocycles. The SMILES string of the molecule is CCCNC(c1cc(Cl)ccc1C)c1cc(F)ccc1Cl. The highest BCUT2D eigenvalue weighted by Gasteiger charge is 2.19. The van der Waals surface area contributed by atoms with Gasteiger partial charge in [-0.1, -0.05) is 36.2 Å². The number of halogens is 3. The summed E-state index contributed by atoms with van der Waals surface area (Å²) >= 11 is 12.4. The molecule has 2 rings (SSSR count). The van der Waals surface area contributed by atoms with Crippen molar-refractivity contribution in [1.82, 2.24) is 5.32 Å². The fourth-order valence-corrected chi connectivity index (χ4v) is 2.74. The van der Waals surface area contributed by atoms with Crippen LogP contribution < -0.4 is 5.32 Å². The molecule has 0 radical (unpaired) electrons. The van der Waals surface area contributed by atoms with E-state index >= 15 is 0 Å². The summed E-state index contributed by atoms with van der Waals surface area (Å²) in [5, 5.41) is 4.63. The van der Waals surface area contributed by atoms with E-state index < -0.39 is 0 Å². The maximum absolute atomic E-state index is 13.6. The predicted molar refractivity (Wildman–Crippen MR) is 87.7 cm³/mol. The lowest BCUT2D eigenvalue weighted by molar-refractivity contribution is 0.584. The van der Waals surface area contributed by atoms with E-state index in [-0.39, 0.29) is 11.9 Å². The predicted octanol–water partition coefficient (Wildman–Crippen LogP) is 5.53. The molecule has 21 heavy (non-hydrogen) atoms. The zero-order chi connectivity index (χ0) is 15.4. The number of benzene rings is 2. The van der Waals surface area contributed by atoms with Gasteiger partial charge in [0.05, 0.1) is 6.04 Å². The molecular weight excluding hydrogens is 308 g/mol. The Kier molecular flexibility index (Phi) is 5.63. The summed E-state index contributed by atoms with van der Waals surface area (Å²) in [6.45, 7) is 4.91. The Morgan fingerprint density at radius 1 is 1.10 bits per heavy atom. The smallest absolute Gasteiger partial charge is 0.123 e. The third-order valence-corrected chi connectivity index (χ3v) is 4.00. The Hall–Kier alpha value is -1.09. The molecule has 0 bridgehead atoms. The molecule has 0 amide bonds. The zero-order valence-electron chi connectivity index (χ0n) is 12.1. The van der Waals surface area contributed by atoms with E-state index in [0.717, 1.165) is 29.7 Å². The summed E-state index contributed by atoms with van der Waals surface area (Å²) in [5.41, 5.74) is 2.84. The van der Waals surface area contributed by atoms with Crippen molar-refractivity contribution in [2.75, 3.05) is 6.54 Å². The van der Waals surface area contributed by atoms with Crippen LogP contribution in [0.4, 0.5) is 4.39 Å². The van der Waals surface area contributed by atoms with Gasteiger partial charge in [0.15, 0.2) is 0 Å². The second-order valence-corrected chi connectivity index (χ2v) is 5.90. The third kappa shape index (κ3) is 3.97. The molecule has 112 valence electrons. The van der Waals surface area contributed by atoms with Gasteiger partial charge in [0.25, 0.3) is 0 Å². The van der Waals surface area contributed by atoms with Crippen LogP contribution in [0.25, 0.3) is 0 Å². The minimum absolute atomic E-state index is 0.174. The van der Waals surface area contributed by atoms with Gasteiger partial charge in [-0.05, 0) is 66.9 Å². The molecule has 4 heteroatoms. The molecule has 0 spiro atoms. The van der Waals surface area contributed by atoms with Crippen molar-refractivity contribution < 1.29 is 4.39 Å². The van der Waals surface area contributed by atoms with Crippen molar-refractivity contribution >= 4 is 23.2 Å². The van der Waals surface area contributed by atoms with E-state index in [2.05, 4.69) is 12.2 Å². The van der Waals surface area contributed by atoms with E-state index in [0.29, 0.717) is 10.0 Å². The molecule has 0 heterocycles. The van der Waals surface area contributed by atoms with Crippen LogP contribution in [0.15, 0.2) is 36.4 Å². The molecule has 1 unspecified atom stereocenters. The van der Waals surface area contributed by atoms with Crippen molar-refractivity contribution in [1.29, 1.82) is 0 Å². The van der Waals surface area contributed by atoms with Gasteiger partial charge in [-0.25, -0.2) is 4.39 Å². The molecule has 1 nitrogen and oxygen atoms in total. The van der Waals surface area contributed by atoms with E-state index in [1.165, 1.54) is 12.1 Å². The monoisotopic (exact) mass is 325 g/mol. The number of aryl methyl sites for hydroxylation is 1. The molecule has 1 atom stereocenters. The van der Waals surface area contributed by atoms with Crippen molar-refractivity contribution in [2.45, 2.75) is 26.3 Å². The van der Waals surface area contributed by atoms with Crippen molar-refractivity contribution in [3.8, 4) is 0 Å². The molecule has 0 saturated heterocycles. The summed E-state index contributed by atoms with van der Waals surface area (Å²) in [7, 11) is 0. The summed E-state index contributed by atoms with van der Waals surface area (Å²) in [4.78, 5) is 0. The lowest BCUT2D eigenvalue weighted by Crippen LogP contribution is -2.24. The third-order valence-electron chi connectivity index (χ3n) is 3.42. The van der Waals surface area contributed by atoms with Crippen LogP contribution in [0.5, 0.6) is 0 Å². The number of hydrogen-bond donors (Lipinski definition) is 1. The molecule has 2 aromatic rings. The van der Waals surface area contributed by atoms with Crippen LogP contribution in [0, 0.1) is 12.7 Å². The summed E-state index contributed by atoms with van der Waals surface area (Å²) in [6, 6.07) is 9.99. The number of hydrogen-bond acceptors (Lipinski definition) is 1. The second-order valence-electron chi connectivity index (χ2n) is 5.05. The van der Waals surface area contributed by atoms with Crippen LogP contribution in [-0.2, 0) is 0 Å². The van der Waals surface area contributed by atoms with Crippen LogP contribution in [-0.4, -0.2) is 6.54 Å². The van der Waals surface area contributed by atoms with Gasteiger partial charge in [0.2, 0.25) is 0 Å². The van der Waals surface area contributed by atoms with Gasteiger partial charge >= 0.3 is 0 Å². The average molecular weight is 326 g/mol. The highest BCUT2D eigenvalue weighted by atomic mass is 35.5. The van der Waals surface area contributed by atoms with Crippen LogP contribution in [0.1, 0.15) is 36.1 Å². The maximum Gasteiger partial charge on any atom is 0.123 e. The molecule has 0 fully saturated rings. The van der Waals surface area contributed by atoms with Gasteiger partial charge in [-0.3, -0.25) is 0 Å². The maximum atomic E-state index is 13.6. The van der Waals surface area contributed by atoms with Crippen molar-refractivity contribution in [2.24, 2.45) is 0 Å². The van der Waals surface area contributed by atoms with E-state index in [9.17, 15) is 4.39 Å². The number of rotatable bonds is 5. The Bertz CT molecular complexity index is 577. The van der Waals surface area contributed by atoms with Crippen LogP contribution in [0.2, 0.25) is 10.0 Å². The Balaban J connectivity index is 2.52. The topological polar surface area (TPSA) is 12.0 Å². The second kappa shape index (κ2) is 7.26. The highest BCUT2D eigenvalue weighted by Crippen LogP contribution is 2.32. The highest BCUT2D eigenvalue weighted by molar-refractivity contribution is 6.31. The summed E-state index contributed by atoms with van der Waals surface area (Å²) in [5.74, 6) is -0.294. The van der Waals surface area contributed by atoms with Gasteiger partial charge in [-0.2, -0.15) is 0 Å². The van der Waals surface area contributed by atoms with Crippen molar-refractivity contribution in [3.63, 3.8) is 0 Å². The molecule has 0 aliphatic carbocycles. The Morgan fingerprint density at radius 2 is 1.86 bits per heavy atom. The van der Waals surface area contributed by atoms with Gasteiger partial charge in [0, 0.05) is 10.0 Å².